The zero-order valence-corrected chi connectivity index (χ0v) is 14.2. The first-order valence-electron chi connectivity index (χ1n) is 7.45. The first kappa shape index (κ1) is 15.5. The van der Waals surface area contributed by atoms with Crippen molar-refractivity contribution >= 4 is 26.0 Å². The molecule has 0 amide bonds. The number of nitrogens with zero attached hydrogens (tertiary/aromatic N) is 1. The number of sulfonamides is 1. The Morgan fingerprint density at radius 3 is 2.71 bits per heavy atom. The van der Waals surface area contributed by atoms with Crippen LogP contribution in [0.1, 0.15) is 37.7 Å². The molecule has 2 unspecified atom stereocenters. The van der Waals surface area contributed by atoms with Gasteiger partial charge >= 0.3 is 0 Å². The summed E-state index contributed by atoms with van der Waals surface area (Å²) in [5.41, 5.74) is 0.706. The van der Waals surface area contributed by atoms with Crippen molar-refractivity contribution in [1.29, 1.82) is 0 Å². The minimum Gasteiger partial charge on any atom is -0.392 e. The van der Waals surface area contributed by atoms with Gasteiger partial charge in [-0.25, -0.2) is 8.42 Å². The number of hydrogen-bond donors (Lipinski definition) is 1. The summed E-state index contributed by atoms with van der Waals surface area (Å²) in [6, 6.07) is 5.13. The lowest BCUT2D eigenvalue weighted by molar-refractivity contribution is 0.260. The van der Waals surface area contributed by atoms with E-state index in [1.54, 1.807) is 22.5 Å². The Hall–Kier alpha value is -0.430. The number of aliphatic hydroxyl groups excluding tert-OH is 1. The molecular weight excluding hydrogens is 354 g/mol. The van der Waals surface area contributed by atoms with Crippen molar-refractivity contribution < 1.29 is 13.5 Å². The summed E-state index contributed by atoms with van der Waals surface area (Å²) in [5, 5.41) is 9.14. The SMILES string of the molecule is O=S(=O)(c1ccc(CO)cc1Br)N1CCC2CCCCC21. The first-order valence-corrected chi connectivity index (χ1v) is 9.68. The van der Waals surface area contributed by atoms with Crippen LogP contribution in [0, 0.1) is 5.92 Å². The van der Waals surface area contributed by atoms with E-state index in [1.807, 2.05) is 0 Å². The number of aliphatic hydroxyl groups is 1. The largest absolute Gasteiger partial charge is 0.392 e. The van der Waals surface area contributed by atoms with Gasteiger partial charge in [0, 0.05) is 17.1 Å². The lowest BCUT2D eigenvalue weighted by Crippen LogP contribution is -2.39. The summed E-state index contributed by atoms with van der Waals surface area (Å²) in [6.07, 6.45) is 5.47. The van der Waals surface area contributed by atoms with Gasteiger partial charge in [-0.2, -0.15) is 4.31 Å². The molecule has 4 nitrogen and oxygen atoms in total. The number of benzene rings is 1. The van der Waals surface area contributed by atoms with E-state index >= 15 is 0 Å². The van der Waals surface area contributed by atoms with Crippen molar-refractivity contribution in [3.63, 3.8) is 0 Å². The second kappa shape index (κ2) is 5.99. The van der Waals surface area contributed by atoms with E-state index in [0.717, 1.165) is 25.7 Å². The van der Waals surface area contributed by atoms with Crippen molar-refractivity contribution in [3.05, 3.63) is 28.2 Å². The molecule has 21 heavy (non-hydrogen) atoms. The van der Waals surface area contributed by atoms with Gasteiger partial charge in [0.15, 0.2) is 0 Å². The number of fused-ring (bicyclic) bond motifs is 1. The Labute approximate surface area is 134 Å². The Balaban J connectivity index is 1.93. The van der Waals surface area contributed by atoms with Gasteiger partial charge in [-0.15, -0.1) is 0 Å². The molecule has 1 aliphatic heterocycles. The molecule has 3 rings (SSSR count). The van der Waals surface area contributed by atoms with Crippen LogP contribution in [0.4, 0.5) is 0 Å². The summed E-state index contributed by atoms with van der Waals surface area (Å²) in [4.78, 5) is 0.311. The van der Waals surface area contributed by atoms with Gasteiger partial charge in [0.2, 0.25) is 10.0 Å². The molecule has 6 heteroatoms. The van der Waals surface area contributed by atoms with Gasteiger partial charge < -0.3 is 5.11 Å². The van der Waals surface area contributed by atoms with Crippen molar-refractivity contribution in [3.8, 4) is 0 Å². The summed E-state index contributed by atoms with van der Waals surface area (Å²) < 4.78 is 28.1. The molecule has 1 saturated heterocycles. The third-order valence-corrected chi connectivity index (χ3v) is 7.63. The van der Waals surface area contributed by atoms with Gasteiger partial charge in [0.1, 0.15) is 0 Å². The summed E-state index contributed by atoms with van der Waals surface area (Å²) in [5.74, 6) is 0.531. The minimum absolute atomic E-state index is 0.0899. The molecule has 1 aromatic carbocycles. The van der Waals surface area contributed by atoms with Crippen LogP contribution in [-0.4, -0.2) is 30.4 Å². The van der Waals surface area contributed by atoms with E-state index in [4.69, 9.17) is 5.11 Å². The molecule has 1 saturated carbocycles. The highest BCUT2D eigenvalue weighted by atomic mass is 79.9. The van der Waals surface area contributed by atoms with Crippen molar-refractivity contribution in [2.45, 2.75) is 49.6 Å². The van der Waals surface area contributed by atoms with Gasteiger partial charge in [-0.05, 0) is 58.8 Å². The zero-order valence-electron chi connectivity index (χ0n) is 11.8. The predicted octanol–water partition coefficient (Wildman–Crippen LogP) is 2.89. The van der Waals surface area contributed by atoms with Crippen LogP contribution in [0.3, 0.4) is 0 Å². The molecule has 1 N–H and O–H groups in total. The highest BCUT2D eigenvalue weighted by Crippen LogP contribution is 2.40. The molecule has 1 aromatic rings. The monoisotopic (exact) mass is 373 g/mol. The van der Waals surface area contributed by atoms with Crippen LogP contribution >= 0.6 is 15.9 Å². The predicted molar refractivity (Wildman–Crippen MR) is 84.3 cm³/mol. The van der Waals surface area contributed by atoms with Crippen molar-refractivity contribution in [2.75, 3.05) is 6.54 Å². The van der Waals surface area contributed by atoms with Crippen molar-refractivity contribution in [1.82, 2.24) is 4.31 Å². The maximum atomic E-state index is 12.9. The Bertz CT molecular complexity index is 632. The van der Waals surface area contributed by atoms with Crippen LogP contribution < -0.4 is 0 Å². The molecule has 0 spiro atoms. The Morgan fingerprint density at radius 2 is 2.00 bits per heavy atom. The molecule has 2 atom stereocenters. The fourth-order valence-electron chi connectivity index (χ4n) is 3.64. The molecule has 2 aliphatic rings. The maximum Gasteiger partial charge on any atom is 0.244 e. The zero-order chi connectivity index (χ0) is 15.0. The molecule has 0 aromatic heterocycles. The van der Waals surface area contributed by atoms with E-state index in [0.29, 0.717) is 27.4 Å². The normalized spacial score (nSPS) is 26.8. The molecule has 1 heterocycles. The first-order chi connectivity index (χ1) is 10.0. The van der Waals surface area contributed by atoms with Crippen molar-refractivity contribution in [2.24, 2.45) is 5.92 Å². The van der Waals surface area contributed by atoms with Gasteiger partial charge in [0.25, 0.3) is 0 Å². The summed E-state index contributed by atoms with van der Waals surface area (Å²) in [7, 11) is -3.46. The third kappa shape index (κ3) is 2.79. The standard InChI is InChI=1S/C15H20BrNO3S/c16-13-9-11(10-18)5-6-15(13)21(19,20)17-8-7-12-3-1-2-4-14(12)17/h5-6,9,12,14,18H,1-4,7-8,10H2. The van der Waals surface area contributed by atoms with E-state index in [-0.39, 0.29) is 12.6 Å². The molecule has 116 valence electrons. The summed E-state index contributed by atoms with van der Waals surface area (Å²) >= 11 is 3.34. The number of rotatable bonds is 3. The average Bonchev–Trinajstić information content (AvgIpc) is 2.91. The van der Waals surface area contributed by atoms with E-state index in [1.165, 1.54) is 6.42 Å². The fourth-order valence-corrected chi connectivity index (χ4v) is 6.46. The molecule has 0 radical (unpaired) electrons. The molecule has 1 aliphatic carbocycles. The van der Waals surface area contributed by atoms with Gasteiger partial charge in [-0.1, -0.05) is 18.9 Å². The Morgan fingerprint density at radius 1 is 1.24 bits per heavy atom. The van der Waals surface area contributed by atoms with E-state index < -0.39 is 10.0 Å². The quantitative estimate of drug-likeness (QED) is 0.885. The molecule has 0 bridgehead atoms. The van der Waals surface area contributed by atoms with Gasteiger partial charge in [-0.3, -0.25) is 0 Å². The highest BCUT2D eigenvalue weighted by molar-refractivity contribution is 9.10. The van der Waals surface area contributed by atoms with Crippen LogP contribution in [0.25, 0.3) is 0 Å². The minimum atomic E-state index is -3.46. The third-order valence-electron chi connectivity index (χ3n) is 4.72. The van der Waals surface area contributed by atoms with Gasteiger partial charge in [0.05, 0.1) is 11.5 Å². The number of halogens is 1. The average molecular weight is 374 g/mol. The number of hydrogen-bond acceptors (Lipinski definition) is 3. The van der Waals surface area contributed by atoms with Crippen LogP contribution in [0.5, 0.6) is 0 Å². The summed E-state index contributed by atoms with van der Waals surface area (Å²) in [6.45, 7) is 0.541. The van der Waals surface area contributed by atoms with Crippen LogP contribution in [-0.2, 0) is 16.6 Å². The van der Waals surface area contributed by atoms with Crippen LogP contribution in [0.15, 0.2) is 27.6 Å². The smallest absolute Gasteiger partial charge is 0.244 e. The topological polar surface area (TPSA) is 57.6 Å². The Kier molecular flexibility index (Phi) is 4.41. The second-order valence-electron chi connectivity index (χ2n) is 5.94. The second-order valence-corrected chi connectivity index (χ2v) is 8.65. The van der Waals surface area contributed by atoms with E-state index in [2.05, 4.69) is 15.9 Å². The molecule has 2 fully saturated rings. The fraction of sp³-hybridized carbons (Fsp3) is 0.600. The lowest BCUT2D eigenvalue weighted by atomic mass is 9.86. The molecular formula is C15H20BrNO3S. The lowest BCUT2D eigenvalue weighted by Gasteiger charge is -2.31. The van der Waals surface area contributed by atoms with Crippen LogP contribution in [0.2, 0.25) is 0 Å². The highest BCUT2D eigenvalue weighted by Gasteiger charge is 2.42. The maximum absolute atomic E-state index is 12.9. The van der Waals surface area contributed by atoms with E-state index in [9.17, 15) is 8.42 Å².